The molecule has 0 unspecified atom stereocenters. The summed E-state index contributed by atoms with van der Waals surface area (Å²) in [7, 11) is 0. The minimum atomic E-state index is -0.245. The van der Waals surface area contributed by atoms with Crippen molar-refractivity contribution in [2.45, 2.75) is 6.92 Å². The lowest BCUT2D eigenvalue weighted by atomic mass is 10.2. The van der Waals surface area contributed by atoms with Crippen LogP contribution in [0.25, 0.3) is 0 Å². The molecule has 2 aromatic carbocycles. The molecule has 3 amide bonds. The third kappa shape index (κ3) is 3.66. The van der Waals surface area contributed by atoms with Gasteiger partial charge in [0.05, 0.1) is 6.61 Å². The van der Waals surface area contributed by atoms with Crippen LogP contribution in [0.1, 0.15) is 6.92 Å². The van der Waals surface area contributed by atoms with E-state index in [1.165, 1.54) is 4.90 Å². The van der Waals surface area contributed by atoms with Gasteiger partial charge in [-0.15, -0.1) is 0 Å². The van der Waals surface area contributed by atoms with Crippen LogP contribution in [0.4, 0.5) is 16.2 Å². The first-order valence-corrected chi connectivity index (χ1v) is 9.13. The highest BCUT2D eigenvalue weighted by Crippen LogP contribution is 2.36. The normalized spacial score (nSPS) is 15.1. The zero-order valence-electron chi connectivity index (χ0n) is 15.5. The van der Waals surface area contributed by atoms with E-state index in [-0.39, 0.29) is 25.3 Å². The molecular formula is C20H21N3O5. The summed E-state index contributed by atoms with van der Waals surface area (Å²) in [5.41, 5.74) is 1.39. The fourth-order valence-corrected chi connectivity index (χ4v) is 3.20. The molecule has 0 saturated carbocycles. The molecule has 2 heterocycles. The summed E-state index contributed by atoms with van der Waals surface area (Å²) in [4.78, 5) is 28.2. The maximum absolute atomic E-state index is 12.7. The monoisotopic (exact) mass is 383 g/mol. The number of benzene rings is 2. The minimum Gasteiger partial charge on any atom is -0.494 e. The number of carbonyl (C=O) groups is 2. The first kappa shape index (κ1) is 18.0. The van der Waals surface area contributed by atoms with Crippen molar-refractivity contribution in [3.05, 3.63) is 42.5 Å². The zero-order chi connectivity index (χ0) is 19.5. The predicted octanol–water partition coefficient (Wildman–Crippen LogP) is 2.69. The van der Waals surface area contributed by atoms with E-state index in [0.29, 0.717) is 36.9 Å². The molecule has 1 N–H and O–H groups in total. The van der Waals surface area contributed by atoms with E-state index in [4.69, 9.17) is 14.2 Å². The van der Waals surface area contributed by atoms with Gasteiger partial charge in [-0.1, -0.05) is 0 Å². The first-order chi connectivity index (χ1) is 13.6. The molecule has 8 heteroatoms. The van der Waals surface area contributed by atoms with E-state index in [1.54, 1.807) is 41.3 Å². The number of urea groups is 1. The number of ether oxygens (including phenoxy) is 3. The standard InChI is InChI=1S/C20H21N3O5/c1-2-26-16-6-3-14(4-7-16)21-19(24)12-22-9-10-23(20(22)25)15-5-8-17-18(11-15)28-13-27-17/h3-8,11H,2,9-10,12-13H2,1H3,(H,21,24). The Hall–Kier alpha value is -3.42. The molecular weight excluding hydrogens is 362 g/mol. The molecule has 2 aromatic rings. The van der Waals surface area contributed by atoms with Gasteiger partial charge in [-0.3, -0.25) is 9.69 Å². The molecule has 28 heavy (non-hydrogen) atoms. The highest BCUT2D eigenvalue weighted by atomic mass is 16.7. The molecule has 2 aliphatic rings. The van der Waals surface area contributed by atoms with Gasteiger partial charge in [0.15, 0.2) is 11.5 Å². The van der Waals surface area contributed by atoms with Crippen LogP contribution in [0.3, 0.4) is 0 Å². The Bertz CT molecular complexity index is 884. The van der Waals surface area contributed by atoms with Crippen LogP contribution in [0.5, 0.6) is 17.2 Å². The minimum absolute atomic E-state index is 0.00685. The van der Waals surface area contributed by atoms with Gasteiger partial charge in [-0.2, -0.15) is 0 Å². The Balaban J connectivity index is 1.35. The number of hydrogen-bond acceptors (Lipinski definition) is 5. The number of carbonyl (C=O) groups excluding carboxylic acids is 2. The fourth-order valence-electron chi connectivity index (χ4n) is 3.20. The van der Waals surface area contributed by atoms with Crippen LogP contribution in [0.15, 0.2) is 42.5 Å². The van der Waals surface area contributed by atoms with Crippen molar-refractivity contribution in [2.24, 2.45) is 0 Å². The molecule has 0 aliphatic carbocycles. The summed E-state index contributed by atoms with van der Waals surface area (Å²) in [6, 6.07) is 12.3. The van der Waals surface area contributed by atoms with Crippen molar-refractivity contribution in [3.63, 3.8) is 0 Å². The van der Waals surface area contributed by atoms with E-state index >= 15 is 0 Å². The van der Waals surface area contributed by atoms with Crippen molar-refractivity contribution < 1.29 is 23.8 Å². The molecule has 0 bridgehead atoms. The van der Waals surface area contributed by atoms with Crippen molar-refractivity contribution in [1.82, 2.24) is 4.90 Å². The molecule has 4 rings (SSSR count). The molecule has 1 saturated heterocycles. The second kappa shape index (κ2) is 7.67. The van der Waals surface area contributed by atoms with E-state index in [1.807, 2.05) is 13.0 Å². The quantitative estimate of drug-likeness (QED) is 0.830. The third-order valence-corrected chi connectivity index (χ3v) is 4.55. The number of amides is 3. The molecule has 1 fully saturated rings. The number of rotatable bonds is 6. The molecule has 8 nitrogen and oxygen atoms in total. The van der Waals surface area contributed by atoms with Crippen LogP contribution in [0, 0.1) is 0 Å². The molecule has 146 valence electrons. The van der Waals surface area contributed by atoms with Crippen molar-refractivity contribution in [2.75, 3.05) is 43.3 Å². The number of nitrogens with zero attached hydrogens (tertiary/aromatic N) is 2. The fraction of sp³-hybridized carbons (Fsp3) is 0.300. The van der Waals surface area contributed by atoms with Gasteiger partial charge in [0.25, 0.3) is 0 Å². The van der Waals surface area contributed by atoms with Crippen molar-refractivity contribution >= 4 is 23.3 Å². The molecule has 0 atom stereocenters. The molecule has 2 aliphatic heterocycles. The molecule has 0 spiro atoms. The van der Waals surface area contributed by atoms with Crippen LogP contribution >= 0.6 is 0 Å². The summed E-state index contributed by atoms with van der Waals surface area (Å²) in [5.74, 6) is 1.79. The Labute approximate surface area is 162 Å². The van der Waals surface area contributed by atoms with Crippen LogP contribution in [0.2, 0.25) is 0 Å². The van der Waals surface area contributed by atoms with Crippen LogP contribution in [-0.4, -0.2) is 49.9 Å². The van der Waals surface area contributed by atoms with Gasteiger partial charge in [0.2, 0.25) is 12.7 Å². The Morgan fingerprint density at radius 2 is 1.89 bits per heavy atom. The highest BCUT2D eigenvalue weighted by Gasteiger charge is 2.31. The van der Waals surface area contributed by atoms with Gasteiger partial charge in [0.1, 0.15) is 12.3 Å². The van der Waals surface area contributed by atoms with E-state index in [9.17, 15) is 9.59 Å². The Morgan fingerprint density at radius 1 is 1.11 bits per heavy atom. The summed E-state index contributed by atoms with van der Waals surface area (Å²) >= 11 is 0. The largest absolute Gasteiger partial charge is 0.494 e. The van der Waals surface area contributed by atoms with Gasteiger partial charge in [-0.05, 0) is 43.3 Å². The maximum atomic E-state index is 12.7. The Morgan fingerprint density at radius 3 is 2.68 bits per heavy atom. The van der Waals surface area contributed by atoms with Gasteiger partial charge >= 0.3 is 6.03 Å². The highest BCUT2D eigenvalue weighted by molar-refractivity contribution is 5.99. The first-order valence-electron chi connectivity index (χ1n) is 9.13. The van der Waals surface area contributed by atoms with Gasteiger partial charge in [-0.25, -0.2) is 4.79 Å². The van der Waals surface area contributed by atoms with Crippen molar-refractivity contribution in [3.8, 4) is 17.2 Å². The smallest absolute Gasteiger partial charge is 0.325 e. The van der Waals surface area contributed by atoms with Gasteiger partial charge in [0, 0.05) is 30.5 Å². The van der Waals surface area contributed by atoms with Gasteiger partial charge < -0.3 is 24.4 Å². The van der Waals surface area contributed by atoms with E-state index < -0.39 is 0 Å². The topological polar surface area (TPSA) is 80.3 Å². The summed E-state index contributed by atoms with van der Waals surface area (Å²) in [6.45, 7) is 3.66. The molecule has 0 radical (unpaired) electrons. The third-order valence-electron chi connectivity index (χ3n) is 4.55. The lowest BCUT2D eigenvalue weighted by Crippen LogP contribution is -2.37. The van der Waals surface area contributed by atoms with Crippen molar-refractivity contribution in [1.29, 1.82) is 0 Å². The maximum Gasteiger partial charge on any atom is 0.325 e. The summed E-state index contributed by atoms with van der Waals surface area (Å²) < 4.78 is 16.0. The van der Waals surface area contributed by atoms with E-state index in [2.05, 4.69) is 5.32 Å². The lowest BCUT2D eigenvalue weighted by molar-refractivity contribution is -0.116. The second-order valence-electron chi connectivity index (χ2n) is 6.40. The van der Waals surface area contributed by atoms with Crippen LogP contribution < -0.4 is 24.4 Å². The summed E-state index contributed by atoms with van der Waals surface area (Å²) in [5, 5.41) is 2.80. The zero-order valence-corrected chi connectivity index (χ0v) is 15.5. The summed E-state index contributed by atoms with van der Waals surface area (Å²) in [6.07, 6.45) is 0. The SMILES string of the molecule is CCOc1ccc(NC(=O)CN2CCN(c3ccc4c(c3)OCO4)C2=O)cc1. The second-order valence-corrected chi connectivity index (χ2v) is 6.40. The number of hydrogen-bond donors (Lipinski definition) is 1. The lowest BCUT2D eigenvalue weighted by Gasteiger charge is -2.18. The average Bonchev–Trinajstić information content (AvgIpc) is 3.30. The molecule has 0 aromatic heterocycles. The average molecular weight is 383 g/mol. The Kier molecular flexibility index (Phi) is 4.92. The number of fused-ring (bicyclic) bond motifs is 1. The van der Waals surface area contributed by atoms with Crippen LogP contribution in [-0.2, 0) is 4.79 Å². The van der Waals surface area contributed by atoms with E-state index in [0.717, 1.165) is 11.4 Å². The number of anilines is 2. The predicted molar refractivity (Wildman–Crippen MR) is 103 cm³/mol. The number of nitrogens with one attached hydrogen (secondary N) is 1.